The standard InChI is InChI=1S/C23H22ClN7O/c1-12-8-17(11-29-14(3)26-27-22(12)29)30-21(15-4-6-16(24)7-5-15)19-13(2)31(18-9-25-10-18)28-20(19)23(30)32/h4-8,11,18,21,25H,9-10H2,1-3H3. The number of carbonyl (C=O) groups excluding carboxylic acids is 1. The molecule has 6 rings (SSSR count). The second kappa shape index (κ2) is 6.88. The molecule has 162 valence electrons. The van der Waals surface area contributed by atoms with E-state index in [1.54, 1.807) is 0 Å². The zero-order valence-electron chi connectivity index (χ0n) is 18.0. The van der Waals surface area contributed by atoms with E-state index < -0.39 is 0 Å². The number of halogens is 1. The van der Waals surface area contributed by atoms with E-state index in [0.29, 0.717) is 10.7 Å². The predicted octanol–water partition coefficient (Wildman–Crippen LogP) is 3.40. The maximum Gasteiger partial charge on any atom is 0.280 e. The maximum absolute atomic E-state index is 13.8. The number of nitrogens with zero attached hydrogens (tertiary/aromatic N) is 6. The second-order valence-electron chi connectivity index (χ2n) is 8.56. The van der Waals surface area contributed by atoms with Gasteiger partial charge in [-0.2, -0.15) is 5.10 Å². The number of hydrogen-bond donors (Lipinski definition) is 1. The van der Waals surface area contributed by atoms with Crippen molar-refractivity contribution in [2.75, 3.05) is 18.0 Å². The molecule has 1 unspecified atom stereocenters. The van der Waals surface area contributed by atoms with E-state index >= 15 is 0 Å². The van der Waals surface area contributed by atoms with Gasteiger partial charge in [-0.3, -0.25) is 18.8 Å². The van der Waals surface area contributed by atoms with Gasteiger partial charge in [-0.15, -0.1) is 10.2 Å². The second-order valence-corrected chi connectivity index (χ2v) is 8.99. The van der Waals surface area contributed by atoms with Gasteiger partial charge in [-0.05, 0) is 50.1 Å². The van der Waals surface area contributed by atoms with Crippen molar-refractivity contribution in [2.45, 2.75) is 32.9 Å². The Morgan fingerprint density at radius 1 is 1.09 bits per heavy atom. The maximum atomic E-state index is 13.8. The monoisotopic (exact) mass is 447 g/mol. The molecule has 1 saturated heterocycles. The van der Waals surface area contributed by atoms with Crippen molar-refractivity contribution < 1.29 is 4.79 Å². The molecule has 8 nitrogen and oxygen atoms in total. The zero-order chi connectivity index (χ0) is 22.1. The number of fused-ring (bicyclic) bond motifs is 2. The van der Waals surface area contributed by atoms with Crippen LogP contribution in [0.1, 0.15) is 50.8 Å². The SMILES string of the molecule is Cc1cc(N2C(=O)c3nn(C4CNC4)c(C)c3C2c2ccc(Cl)cc2)cn2c(C)nnc12. The number of carbonyl (C=O) groups is 1. The molecule has 5 heterocycles. The first-order valence-electron chi connectivity index (χ1n) is 10.6. The largest absolute Gasteiger partial charge is 0.312 e. The van der Waals surface area contributed by atoms with Crippen molar-refractivity contribution in [1.82, 2.24) is 29.7 Å². The lowest BCUT2D eigenvalue weighted by atomic mass is 9.98. The smallest absolute Gasteiger partial charge is 0.280 e. The highest BCUT2D eigenvalue weighted by atomic mass is 35.5. The molecular formula is C23H22ClN7O. The van der Waals surface area contributed by atoms with Crippen molar-refractivity contribution in [3.8, 4) is 0 Å². The lowest BCUT2D eigenvalue weighted by Gasteiger charge is -2.31. The Kier molecular flexibility index (Phi) is 4.18. The zero-order valence-corrected chi connectivity index (χ0v) is 18.8. The quantitative estimate of drug-likeness (QED) is 0.520. The van der Waals surface area contributed by atoms with Crippen LogP contribution in [0.3, 0.4) is 0 Å². The average molecular weight is 448 g/mol. The highest BCUT2D eigenvalue weighted by Crippen LogP contribution is 2.44. The number of aromatic nitrogens is 5. The number of pyridine rings is 1. The van der Waals surface area contributed by atoms with Gasteiger partial charge in [-0.1, -0.05) is 23.7 Å². The molecular weight excluding hydrogens is 426 g/mol. The molecule has 4 aromatic rings. The molecule has 2 aliphatic rings. The summed E-state index contributed by atoms with van der Waals surface area (Å²) in [5.74, 6) is 0.676. The molecule has 2 aliphatic heterocycles. The summed E-state index contributed by atoms with van der Waals surface area (Å²) in [7, 11) is 0. The summed E-state index contributed by atoms with van der Waals surface area (Å²) >= 11 is 6.17. The molecule has 32 heavy (non-hydrogen) atoms. The van der Waals surface area contributed by atoms with Gasteiger partial charge in [0.2, 0.25) is 0 Å². The number of amides is 1. The normalized spacial score (nSPS) is 18.4. The van der Waals surface area contributed by atoms with Gasteiger partial charge in [-0.25, -0.2) is 0 Å². The predicted molar refractivity (Wildman–Crippen MR) is 121 cm³/mol. The Hall–Kier alpha value is -3.23. The first-order chi connectivity index (χ1) is 15.4. The Labute approximate surface area is 189 Å². The van der Waals surface area contributed by atoms with E-state index in [-0.39, 0.29) is 18.0 Å². The van der Waals surface area contributed by atoms with Crippen molar-refractivity contribution in [2.24, 2.45) is 0 Å². The van der Waals surface area contributed by atoms with Crippen LogP contribution in [-0.2, 0) is 0 Å². The van der Waals surface area contributed by atoms with E-state index in [1.807, 2.05) is 64.4 Å². The summed E-state index contributed by atoms with van der Waals surface area (Å²) in [5.41, 5.74) is 6.04. The Bertz CT molecular complexity index is 1380. The van der Waals surface area contributed by atoms with Crippen molar-refractivity contribution in [1.29, 1.82) is 0 Å². The van der Waals surface area contributed by atoms with Gasteiger partial charge < -0.3 is 5.32 Å². The van der Waals surface area contributed by atoms with E-state index in [0.717, 1.165) is 52.6 Å². The molecule has 0 saturated carbocycles. The van der Waals surface area contributed by atoms with Gasteiger partial charge in [0.25, 0.3) is 5.91 Å². The van der Waals surface area contributed by atoms with Crippen LogP contribution in [0, 0.1) is 20.8 Å². The van der Waals surface area contributed by atoms with Gasteiger partial charge in [0.1, 0.15) is 5.82 Å². The van der Waals surface area contributed by atoms with Gasteiger partial charge in [0, 0.05) is 35.6 Å². The average Bonchev–Trinajstić information content (AvgIpc) is 3.35. The van der Waals surface area contributed by atoms with Gasteiger partial charge >= 0.3 is 0 Å². The van der Waals surface area contributed by atoms with E-state index in [1.165, 1.54) is 0 Å². The molecule has 3 aromatic heterocycles. The van der Waals surface area contributed by atoms with Crippen LogP contribution in [-0.4, -0.2) is 43.4 Å². The Morgan fingerprint density at radius 3 is 2.53 bits per heavy atom. The molecule has 1 atom stereocenters. The van der Waals surface area contributed by atoms with Crippen LogP contribution in [0.25, 0.3) is 5.65 Å². The summed E-state index contributed by atoms with van der Waals surface area (Å²) in [6.45, 7) is 7.68. The molecule has 1 N–H and O–H groups in total. The summed E-state index contributed by atoms with van der Waals surface area (Å²) in [6, 6.07) is 9.70. The topological polar surface area (TPSA) is 80.4 Å². The minimum absolute atomic E-state index is 0.0986. The highest BCUT2D eigenvalue weighted by Gasteiger charge is 2.44. The number of hydrogen-bond acceptors (Lipinski definition) is 5. The first kappa shape index (κ1) is 19.5. The van der Waals surface area contributed by atoms with Crippen LogP contribution in [0.15, 0.2) is 36.5 Å². The van der Waals surface area contributed by atoms with Crippen molar-refractivity contribution in [3.63, 3.8) is 0 Å². The van der Waals surface area contributed by atoms with Gasteiger partial charge in [0.05, 0.1) is 17.8 Å². The third-order valence-corrected chi connectivity index (χ3v) is 6.82. The summed E-state index contributed by atoms with van der Waals surface area (Å²) < 4.78 is 3.94. The first-order valence-corrected chi connectivity index (χ1v) is 11.0. The molecule has 1 amide bonds. The van der Waals surface area contributed by atoms with E-state index in [2.05, 4.69) is 22.4 Å². The van der Waals surface area contributed by atoms with E-state index in [9.17, 15) is 4.79 Å². The lowest BCUT2D eigenvalue weighted by Crippen LogP contribution is -2.44. The number of benzene rings is 1. The molecule has 0 spiro atoms. The number of nitrogens with one attached hydrogen (secondary N) is 1. The Morgan fingerprint density at radius 2 is 1.84 bits per heavy atom. The fourth-order valence-electron chi connectivity index (χ4n) is 4.79. The molecule has 0 bridgehead atoms. The molecule has 0 aliphatic carbocycles. The fourth-order valence-corrected chi connectivity index (χ4v) is 4.91. The van der Waals surface area contributed by atoms with E-state index in [4.69, 9.17) is 16.7 Å². The third kappa shape index (κ3) is 2.66. The van der Waals surface area contributed by atoms with Crippen LogP contribution < -0.4 is 10.2 Å². The van der Waals surface area contributed by atoms with Crippen LogP contribution in [0.5, 0.6) is 0 Å². The lowest BCUT2D eigenvalue weighted by molar-refractivity contribution is 0.0986. The van der Waals surface area contributed by atoms with Crippen LogP contribution in [0.2, 0.25) is 5.02 Å². The third-order valence-electron chi connectivity index (χ3n) is 6.56. The van der Waals surface area contributed by atoms with Crippen molar-refractivity contribution >= 4 is 28.8 Å². The number of rotatable bonds is 3. The minimum atomic E-state index is -0.287. The van der Waals surface area contributed by atoms with Crippen molar-refractivity contribution in [3.05, 3.63) is 75.5 Å². The summed E-state index contributed by atoms with van der Waals surface area (Å²) in [5, 5.41) is 17.2. The summed E-state index contributed by atoms with van der Waals surface area (Å²) in [4.78, 5) is 15.6. The fraction of sp³-hybridized carbons (Fsp3) is 0.304. The number of anilines is 1. The van der Waals surface area contributed by atoms with Gasteiger partial charge in [0.15, 0.2) is 11.3 Å². The molecule has 1 fully saturated rings. The number of aryl methyl sites for hydroxylation is 2. The molecule has 1 aromatic carbocycles. The summed E-state index contributed by atoms with van der Waals surface area (Å²) in [6.07, 6.45) is 1.93. The minimum Gasteiger partial charge on any atom is -0.312 e. The highest BCUT2D eigenvalue weighted by molar-refractivity contribution is 6.30. The van der Waals surface area contributed by atoms with Crippen LogP contribution in [0.4, 0.5) is 5.69 Å². The van der Waals surface area contributed by atoms with Crippen LogP contribution >= 0.6 is 11.6 Å². The Balaban J connectivity index is 1.56. The molecule has 9 heteroatoms. The molecule has 0 radical (unpaired) electrons.